The van der Waals surface area contributed by atoms with Gasteiger partial charge >= 0.3 is 0 Å². The molecule has 0 bridgehead atoms. The molecule has 3 heterocycles. The van der Waals surface area contributed by atoms with Crippen LogP contribution in [0.5, 0.6) is 11.5 Å². The largest absolute Gasteiger partial charge is 0.454 e. The molecule has 0 aliphatic carbocycles. The number of hydrogen-bond donors (Lipinski definition) is 0. The lowest BCUT2D eigenvalue weighted by atomic mass is 10.1. The third-order valence-electron chi connectivity index (χ3n) is 6.69. The average molecular weight is 459 g/mol. The van der Waals surface area contributed by atoms with E-state index in [1.807, 2.05) is 36.4 Å². The predicted octanol–water partition coefficient (Wildman–Crippen LogP) is 4.27. The first-order valence-corrected chi connectivity index (χ1v) is 11.7. The van der Waals surface area contributed by atoms with Crippen LogP contribution < -0.4 is 9.47 Å². The molecule has 0 atom stereocenters. The summed E-state index contributed by atoms with van der Waals surface area (Å²) in [5.74, 6) is 2.47. The van der Waals surface area contributed by atoms with E-state index in [2.05, 4.69) is 32.6 Å². The summed E-state index contributed by atoms with van der Waals surface area (Å²) in [6.07, 6.45) is 0. The van der Waals surface area contributed by atoms with Crippen molar-refractivity contribution in [3.05, 3.63) is 89.5 Å². The maximum absolute atomic E-state index is 14.4. The van der Waals surface area contributed by atoms with Gasteiger partial charge in [-0.1, -0.05) is 36.4 Å². The number of rotatable bonds is 6. The van der Waals surface area contributed by atoms with Gasteiger partial charge in [-0.2, -0.15) is 0 Å². The van der Waals surface area contributed by atoms with Crippen molar-refractivity contribution >= 4 is 11.0 Å². The fraction of sp³-hybridized carbons (Fsp3) is 0.296. The molecule has 3 aromatic carbocycles. The van der Waals surface area contributed by atoms with Gasteiger partial charge in [0, 0.05) is 38.3 Å². The quantitative estimate of drug-likeness (QED) is 0.432. The Morgan fingerprint density at radius 2 is 1.50 bits per heavy atom. The van der Waals surface area contributed by atoms with Crippen molar-refractivity contribution in [2.75, 3.05) is 33.0 Å². The van der Waals surface area contributed by atoms with Crippen LogP contribution >= 0.6 is 0 Å². The molecular weight excluding hydrogens is 431 g/mol. The van der Waals surface area contributed by atoms with Gasteiger partial charge in [0.25, 0.3) is 0 Å². The molecule has 1 aromatic heterocycles. The Morgan fingerprint density at radius 3 is 2.35 bits per heavy atom. The zero-order valence-corrected chi connectivity index (χ0v) is 19.0. The molecule has 0 N–H and O–H groups in total. The number of piperazine rings is 1. The number of nitrogens with zero attached hydrogens (tertiary/aromatic N) is 4. The Hall–Kier alpha value is -3.42. The van der Waals surface area contributed by atoms with Crippen molar-refractivity contribution < 1.29 is 13.9 Å². The molecule has 0 amide bonds. The predicted molar refractivity (Wildman–Crippen MR) is 128 cm³/mol. The van der Waals surface area contributed by atoms with Gasteiger partial charge in [-0.05, 0) is 35.9 Å². The summed E-state index contributed by atoms with van der Waals surface area (Å²) >= 11 is 0. The van der Waals surface area contributed by atoms with Gasteiger partial charge in [0.05, 0.1) is 24.1 Å². The van der Waals surface area contributed by atoms with Crippen LogP contribution in [0.4, 0.5) is 4.39 Å². The summed E-state index contributed by atoms with van der Waals surface area (Å²) in [6, 6.07) is 21.3. The molecule has 0 spiro atoms. The molecule has 0 unspecified atom stereocenters. The highest BCUT2D eigenvalue weighted by Crippen LogP contribution is 2.33. The second-order valence-electron chi connectivity index (χ2n) is 8.93. The lowest BCUT2D eigenvalue weighted by Gasteiger charge is -2.34. The molecule has 1 fully saturated rings. The number of fused-ring (bicyclic) bond motifs is 2. The molecule has 174 valence electrons. The fourth-order valence-electron chi connectivity index (χ4n) is 4.82. The fourth-order valence-corrected chi connectivity index (χ4v) is 4.82. The van der Waals surface area contributed by atoms with Crippen molar-refractivity contribution in [2.45, 2.75) is 19.6 Å². The number of para-hydroxylation sites is 2. The van der Waals surface area contributed by atoms with Gasteiger partial charge in [0.1, 0.15) is 11.6 Å². The number of imidazole rings is 1. The Bertz CT molecular complexity index is 1310. The molecule has 0 saturated carbocycles. The maximum Gasteiger partial charge on any atom is 0.231 e. The van der Waals surface area contributed by atoms with E-state index in [9.17, 15) is 4.39 Å². The summed E-state index contributed by atoms with van der Waals surface area (Å²) < 4.78 is 27.5. The summed E-state index contributed by atoms with van der Waals surface area (Å²) in [5, 5.41) is 0. The van der Waals surface area contributed by atoms with Gasteiger partial charge in [0.15, 0.2) is 11.5 Å². The highest BCUT2D eigenvalue weighted by atomic mass is 19.1. The lowest BCUT2D eigenvalue weighted by molar-refractivity contribution is 0.119. The number of aromatic nitrogens is 2. The monoisotopic (exact) mass is 458 g/mol. The molecular formula is C27H27FN4O2. The molecule has 6 nitrogen and oxygen atoms in total. The van der Waals surface area contributed by atoms with Crippen LogP contribution in [0.15, 0.2) is 66.7 Å². The van der Waals surface area contributed by atoms with Crippen LogP contribution in [0.1, 0.15) is 17.0 Å². The van der Waals surface area contributed by atoms with E-state index >= 15 is 0 Å². The number of halogens is 1. The molecule has 7 heteroatoms. The van der Waals surface area contributed by atoms with Crippen LogP contribution in [-0.4, -0.2) is 52.3 Å². The molecule has 2 aliphatic heterocycles. The van der Waals surface area contributed by atoms with Crippen molar-refractivity contribution in [1.82, 2.24) is 19.4 Å². The Labute approximate surface area is 198 Å². The molecule has 0 radical (unpaired) electrons. The zero-order valence-electron chi connectivity index (χ0n) is 19.0. The topological polar surface area (TPSA) is 42.8 Å². The van der Waals surface area contributed by atoms with Crippen molar-refractivity contribution in [3.63, 3.8) is 0 Å². The van der Waals surface area contributed by atoms with Gasteiger partial charge in [-0.15, -0.1) is 0 Å². The molecule has 1 saturated heterocycles. The summed E-state index contributed by atoms with van der Waals surface area (Å²) in [5.41, 5.74) is 3.92. The van der Waals surface area contributed by atoms with Crippen molar-refractivity contribution in [3.8, 4) is 11.5 Å². The second kappa shape index (κ2) is 9.08. The van der Waals surface area contributed by atoms with Gasteiger partial charge < -0.3 is 14.0 Å². The van der Waals surface area contributed by atoms with E-state index in [0.29, 0.717) is 18.9 Å². The summed E-state index contributed by atoms with van der Waals surface area (Å²) in [4.78, 5) is 9.82. The van der Waals surface area contributed by atoms with Crippen LogP contribution in [0, 0.1) is 5.82 Å². The van der Waals surface area contributed by atoms with Crippen LogP contribution in [0.3, 0.4) is 0 Å². The SMILES string of the molecule is Fc1ccccc1Cn1c(CN2CCN(Cc3ccc4c(c3)OCO4)CC2)nc2ccccc21. The number of benzene rings is 3. The summed E-state index contributed by atoms with van der Waals surface area (Å²) in [6.45, 7) is 6.34. The van der Waals surface area contributed by atoms with E-state index in [1.54, 1.807) is 6.07 Å². The zero-order chi connectivity index (χ0) is 22.9. The average Bonchev–Trinajstić information content (AvgIpc) is 3.46. The Balaban J connectivity index is 1.14. The van der Waals surface area contributed by atoms with E-state index in [4.69, 9.17) is 14.5 Å². The lowest BCUT2D eigenvalue weighted by Crippen LogP contribution is -2.45. The highest BCUT2D eigenvalue weighted by molar-refractivity contribution is 5.76. The first-order valence-electron chi connectivity index (χ1n) is 11.7. The molecule has 34 heavy (non-hydrogen) atoms. The highest BCUT2D eigenvalue weighted by Gasteiger charge is 2.21. The summed E-state index contributed by atoms with van der Waals surface area (Å²) in [7, 11) is 0. The minimum atomic E-state index is -0.177. The first-order chi connectivity index (χ1) is 16.7. The Kier molecular flexibility index (Phi) is 5.65. The normalized spacial score (nSPS) is 16.4. The van der Waals surface area contributed by atoms with Crippen LogP contribution in [-0.2, 0) is 19.6 Å². The second-order valence-corrected chi connectivity index (χ2v) is 8.93. The van der Waals surface area contributed by atoms with E-state index in [0.717, 1.165) is 67.6 Å². The van der Waals surface area contributed by atoms with E-state index in [1.165, 1.54) is 11.6 Å². The smallest absolute Gasteiger partial charge is 0.231 e. The molecule has 2 aliphatic rings. The molecule has 6 rings (SSSR count). The van der Waals surface area contributed by atoms with E-state index < -0.39 is 0 Å². The van der Waals surface area contributed by atoms with Crippen molar-refractivity contribution in [1.29, 1.82) is 0 Å². The minimum absolute atomic E-state index is 0.177. The Morgan fingerprint density at radius 1 is 0.765 bits per heavy atom. The van der Waals surface area contributed by atoms with Gasteiger partial charge in [-0.3, -0.25) is 9.80 Å². The van der Waals surface area contributed by atoms with Crippen molar-refractivity contribution in [2.24, 2.45) is 0 Å². The van der Waals surface area contributed by atoms with Gasteiger partial charge in [0.2, 0.25) is 6.79 Å². The molecule has 4 aromatic rings. The third kappa shape index (κ3) is 4.24. The third-order valence-corrected chi connectivity index (χ3v) is 6.69. The number of ether oxygens (including phenoxy) is 2. The van der Waals surface area contributed by atoms with Crippen LogP contribution in [0.25, 0.3) is 11.0 Å². The maximum atomic E-state index is 14.4. The number of hydrogen-bond acceptors (Lipinski definition) is 5. The van der Waals surface area contributed by atoms with Gasteiger partial charge in [-0.25, -0.2) is 9.37 Å². The minimum Gasteiger partial charge on any atom is -0.454 e. The van der Waals surface area contributed by atoms with Crippen LogP contribution in [0.2, 0.25) is 0 Å². The van der Waals surface area contributed by atoms with E-state index in [-0.39, 0.29) is 5.82 Å². The first kappa shape index (κ1) is 21.1. The standard InChI is InChI=1S/C27H27FN4O2/c28-22-6-2-1-5-21(22)17-32-24-8-4-3-7-23(24)29-27(32)18-31-13-11-30(12-14-31)16-20-9-10-25-26(15-20)34-19-33-25/h1-10,15H,11-14,16-19H2.